The van der Waals surface area contributed by atoms with E-state index in [0.29, 0.717) is 11.2 Å². The van der Waals surface area contributed by atoms with Crippen LogP contribution >= 0.6 is 0 Å². The van der Waals surface area contributed by atoms with E-state index in [-0.39, 0.29) is 51.4 Å². The summed E-state index contributed by atoms with van der Waals surface area (Å²) in [4.78, 5) is 0. The number of aromatic nitrogens is 1. The van der Waals surface area contributed by atoms with Crippen molar-refractivity contribution < 1.29 is 64.3 Å². The Labute approximate surface area is 163 Å². The second kappa shape index (κ2) is 6.71. The van der Waals surface area contributed by atoms with Crippen LogP contribution in [0.4, 0.5) is 12.9 Å². The van der Waals surface area contributed by atoms with Gasteiger partial charge in [-0.25, -0.2) is 0 Å². The Hall–Kier alpha value is -0.529. The largest absolute Gasteiger partial charge is 1.00 e. The summed E-state index contributed by atoms with van der Waals surface area (Å²) in [6.45, 7) is -4.89. The van der Waals surface area contributed by atoms with Crippen molar-refractivity contribution in [2.75, 3.05) is 0 Å². The molecule has 0 aliphatic carbocycles. The molecular weight excluding hydrogens is 301 g/mol. The molecule has 0 unspecified atom stereocenters. The van der Waals surface area contributed by atoms with Gasteiger partial charge in [0.05, 0.1) is 0 Å². The first kappa shape index (κ1) is 16.8. The number of para-hydroxylation sites is 1. The first-order chi connectivity index (χ1) is 9.54. The molecule has 1 aromatic heterocycles. The molecule has 102 valence electrons. The normalized spacial score (nSPS) is 11.4. The van der Waals surface area contributed by atoms with Gasteiger partial charge in [0.1, 0.15) is 0 Å². The molecule has 6 heteroatoms. The number of halogens is 3. The summed E-state index contributed by atoms with van der Waals surface area (Å²) in [6, 6.07) is 18.1. The van der Waals surface area contributed by atoms with Gasteiger partial charge >= 0.3 is 58.4 Å². The van der Waals surface area contributed by atoms with Crippen LogP contribution < -0.4 is 51.4 Å². The number of benzene rings is 2. The molecule has 0 amide bonds. The van der Waals surface area contributed by atoms with Crippen LogP contribution in [0.25, 0.3) is 22.2 Å². The van der Waals surface area contributed by atoms with E-state index >= 15 is 0 Å². The van der Waals surface area contributed by atoms with Crippen molar-refractivity contribution in [2.45, 2.75) is 6.44 Å². The number of nitrogens with zero attached hydrogens (tertiary/aromatic N) is 1. The van der Waals surface area contributed by atoms with Crippen molar-refractivity contribution in [1.82, 2.24) is 4.57 Å². The molecule has 0 aliphatic heterocycles. The van der Waals surface area contributed by atoms with Gasteiger partial charge in [-0.2, -0.15) is 0 Å². The molecule has 1 heterocycles. The third-order valence-corrected chi connectivity index (χ3v) is 3.27. The van der Waals surface area contributed by atoms with Gasteiger partial charge in [0.2, 0.25) is 0 Å². The monoisotopic (exact) mass is 313 g/mol. The maximum atomic E-state index is 12.9. The predicted octanol–water partition coefficient (Wildman–Crippen LogP) is 1.70. The van der Waals surface area contributed by atoms with Crippen molar-refractivity contribution in [2.24, 2.45) is 0 Å². The van der Waals surface area contributed by atoms with Crippen molar-refractivity contribution in [3.8, 4) is 11.3 Å². The molecule has 0 saturated heterocycles. The number of fused-ring (bicyclic) bond motifs is 1. The first-order valence-electron chi connectivity index (χ1n) is 6.39. The van der Waals surface area contributed by atoms with E-state index in [1.54, 1.807) is 12.1 Å². The van der Waals surface area contributed by atoms with Crippen LogP contribution in [0.15, 0.2) is 60.7 Å². The Morgan fingerprint density at radius 3 is 2.14 bits per heavy atom. The van der Waals surface area contributed by atoms with Crippen molar-refractivity contribution in [1.29, 1.82) is 0 Å². The molecule has 0 atom stereocenters. The number of hydrogen-bond donors (Lipinski definition) is 0. The van der Waals surface area contributed by atoms with Crippen LogP contribution in [0, 0.1) is 0 Å². The molecule has 1 nitrogen and oxygen atoms in total. The van der Waals surface area contributed by atoms with Crippen molar-refractivity contribution >= 4 is 17.9 Å². The Morgan fingerprint density at radius 2 is 1.48 bits per heavy atom. The van der Waals surface area contributed by atoms with Crippen LogP contribution in [0.1, 0.15) is 0 Å². The zero-order chi connectivity index (χ0) is 14.2. The summed E-state index contributed by atoms with van der Waals surface area (Å²) >= 11 is 0. The van der Waals surface area contributed by atoms with Gasteiger partial charge in [-0.15, -0.1) is 0 Å². The average Bonchev–Trinajstić information content (AvgIpc) is 2.77. The molecular formula is C15H12BF3KN. The quantitative estimate of drug-likeness (QED) is 0.649. The van der Waals surface area contributed by atoms with E-state index in [1.165, 1.54) is 4.57 Å². The van der Waals surface area contributed by atoms with Crippen LogP contribution in [0.3, 0.4) is 0 Å². The second-order valence-electron chi connectivity index (χ2n) is 4.78. The number of rotatable bonds is 3. The molecule has 21 heavy (non-hydrogen) atoms. The zero-order valence-corrected chi connectivity index (χ0v) is 14.8. The smallest absolute Gasteiger partial charge is 0.448 e. The van der Waals surface area contributed by atoms with E-state index in [9.17, 15) is 12.9 Å². The van der Waals surface area contributed by atoms with E-state index in [1.807, 2.05) is 48.5 Å². The second-order valence-corrected chi connectivity index (χ2v) is 4.78. The minimum Gasteiger partial charge on any atom is -0.448 e. The Kier molecular flexibility index (Phi) is 5.38. The summed E-state index contributed by atoms with van der Waals surface area (Å²) in [6.07, 6.45) is -0.919. The van der Waals surface area contributed by atoms with Gasteiger partial charge in [-0.05, 0) is 24.1 Å². The first-order valence-corrected chi connectivity index (χ1v) is 6.39. The maximum absolute atomic E-state index is 12.9. The molecule has 0 saturated carbocycles. The minimum atomic E-state index is -4.89. The molecule has 3 rings (SSSR count). The van der Waals surface area contributed by atoms with Gasteiger partial charge in [0.15, 0.2) is 0 Å². The summed E-state index contributed by atoms with van der Waals surface area (Å²) in [5, 5.41) is 0.825. The topological polar surface area (TPSA) is 4.93 Å². The fourth-order valence-electron chi connectivity index (χ4n) is 2.46. The van der Waals surface area contributed by atoms with Crippen molar-refractivity contribution in [3.63, 3.8) is 0 Å². The van der Waals surface area contributed by atoms with Crippen LogP contribution in [0.5, 0.6) is 0 Å². The zero-order valence-electron chi connectivity index (χ0n) is 11.6. The molecule has 2 aromatic carbocycles. The maximum Gasteiger partial charge on any atom is 1.00 e. The van der Waals surface area contributed by atoms with E-state index in [0.717, 1.165) is 10.9 Å². The van der Waals surface area contributed by atoms with Gasteiger partial charge in [-0.3, -0.25) is 0 Å². The fraction of sp³-hybridized carbons (Fsp3) is 0.0667. The van der Waals surface area contributed by atoms with Gasteiger partial charge in [0.25, 0.3) is 0 Å². The number of hydrogen-bond acceptors (Lipinski definition) is 0. The molecule has 0 N–H and O–H groups in total. The third kappa shape index (κ3) is 3.81. The standard InChI is InChI=1S/C15H12BF3N.K/c17-16(18,19)11-20-14-9-5-4-8-13(14)10-15(20)12-6-2-1-3-7-12;/h1-10H,11H2;/q-1;+1. The Balaban J connectivity index is 0.00000161. The molecule has 0 aliphatic rings. The van der Waals surface area contributed by atoms with Gasteiger partial charge in [-0.1, -0.05) is 48.5 Å². The van der Waals surface area contributed by atoms with E-state index in [2.05, 4.69) is 0 Å². The summed E-state index contributed by atoms with van der Waals surface area (Å²) in [5.41, 5.74) is 2.01. The summed E-state index contributed by atoms with van der Waals surface area (Å²) < 4.78 is 40.0. The molecule has 3 aromatic rings. The summed E-state index contributed by atoms with van der Waals surface area (Å²) in [5.74, 6) is 0. The van der Waals surface area contributed by atoms with Crippen molar-refractivity contribution in [3.05, 3.63) is 60.7 Å². The Morgan fingerprint density at radius 1 is 0.857 bits per heavy atom. The average molecular weight is 313 g/mol. The van der Waals surface area contributed by atoms with Gasteiger partial charge < -0.3 is 17.5 Å². The SMILES string of the molecule is F[B-](F)(F)Cn1c(-c2ccccc2)cc2ccccc21.[K+]. The molecule has 0 radical (unpaired) electrons. The summed E-state index contributed by atoms with van der Waals surface area (Å²) in [7, 11) is 0. The third-order valence-electron chi connectivity index (χ3n) is 3.27. The minimum absolute atomic E-state index is 0. The molecule has 0 bridgehead atoms. The molecule has 0 spiro atoms. The van der Waals surface area contributed by atoms with E-state index in [4.69, 9.17) is 0 Å². The Bertz CT molecular complexity index is 738. The fourth-order valence-corrected chi connectivity index (χ4v) is 2.46. The molecule has 0 fully saturated rings. The van der Waals surface area contributed by atoms with E-state index < -0.39 is 13.4 Å². The van der Waals surface area contributed by atoms with Crippen LogP contribution in [-0.2, 0) is 6.44 Å². The predicted molar refractivity (Wildman–Crippen MR) is 76.5 cm³/mol. The van der Waals surface area contributed by atoms with Crippen LogP contribution in [0.2, 0.25) is 0 Å². The van der Waals surface area contributed by atoms with Gasteiger partial charge in [0, 0.05) is 16.6 Å². The van der Waals surface area contributed by atoms with Crippen LogP contribution in [-0.4, -0.2) is 11.5 Å².